The monoisotopic (exact) mass is 221 g/mol. The molecule has 1 aromatic heterocycles. The van der Waals surface area contributed by atoms with E-state index in [0.717, 1.165) is 11.3 Å². The van der Waals surface area contributed by atoms with Crippen LogP contribution in [0.3, 0.4) is 0 Å². The molecule has 2 rings (SSSR count). The molecular weight excluding hydrogens is 210 g/mol. The van der Waals surface area contributed by atoms with Gasteiger partial charge in [-0.1, -0.05) is 6.07 Å². The van der Waals surface area contributed by atoms with Gasteiger partial charge in [0.25, 0.3) is 0 Å². The standard InChI is InChI=1S/C10H11N3OS/c11-9(14)4-8-6-15-10(13-8)7-2-1-3-12-5-7/h1-3,5-6,10,13H,4H2,(H2,11,14). The number of nitrogens with two attached hydrogens (primary N) is 1. The van der Waals surface area contributed by atoms with Crippen LogP contribution in [0, 0.1) is 0 Å². The maximum atomic E-state index is 10.7. The van der Waals surface area contributed by atoms with Crippen LogP contribution in [0.1, 0.15) is 17.4 Å². The van der Waals surface area contributed by atoms with Crippen LogP contribution in [0.2, 0.25) is 0 Å². The molecular formula is C10H11N3OS. The third kappa shape index (κ3) is 2.50. The Balaban J connectivity index is 1.99. The lowest BCUT2D eigenvalue weighted by Crippen LogP contribution is -2.19. The number of hydrogen-bond acceptors (Lipinski definition) is 4. The molecule has 0 aliphatic carbocycles. The molecule has 1 amide bonds. The van der Waals surface area contributed by atoms with Crippen LogP contribution in [0.15, 0.2) is 35.6 Å². The van der Waals surface area contributed by atoms with E-state index in [1.807, 2.05) is 23.7 Å². The van der Waals surface area contributed by atoms with Gasteiger partial charge in [-0.3, -0.25) is 9.78 Å². The van der Waals surface area contributed by atoms with E-state index < -0.39 is 0 Å². The van der Waals surface area contributed by atoms with Crippen molar-refractivity contribution in [1.29, 1.82) is 0 Å². The summed E-state index contributed by atoms with van der Waals surface area (Å²) in [6.07, 6.45) is 3.82. The number of hydrogen-bond donors (Lipinski definition) is 2. The summed E-state index contributed by atoms with van der Waals surface area (Å²) >= 11 is 1.62. The lowest BCUT2D eigenvalue weighted by molar-refractivity contribution is -0.117. The van der Waals surface area contributed by atoms with Crippen molar-refractivity contribution in [1.82, 2.24) is 10.3 Å². The molecule has 1 unspecified atom stereocenters. The van der Waals surface area contributed by atoms with Crippen molar-refractivity contribution >= 4 is 17.7 Å². The van der Waals surface area contributed by atoms with Crippen LogP contribution in [0.4, 0.5) is 0 Å². The van der Waals surface area contributed by atoms with Crippen molar-refractivity contribution < 1.29 is 4.79 Å². The van der Waals surface area contributed by atoms with Gasteiger partial charge in [0.1, 0.15) is 5.37 Å². The van der Waals surface area contributed by atoms with Gasteiger partial charge < -0.3 is 11.1 Å². The maximum Gasteiger partial charge on any atom is 0.223 e. The molecule has 1 aliphatic rings. The molecule has 1 aromatic rings. The van der Waals surface area contributed by atoms with E-state index in [2.05, 4.69) is 10.3 Å². The smallest absolute Gasteiger partial charge is 0.223 e. The quantitative estimate of drug-likeness (QED) is 0.803. The summed E-state index contributed by atoms with van der Waals surface area (Å²) in [4.78, 5) is 14.8. The van der Waals surface area contributed by atoms with Gasteiger partial charge in [-0.2, -0.15) is 0 Å². The molecule has 1 aliphatic heterocycles. The van der Waals surface area contributed by atoms with E-state index in [9.17, 15) is 4.79 Å². The summed E-state index contributed by atoms with van der Waals surface area (Å²) in [5, 5.41) is 5.30. The minimum absolute atomic E-state index is 0.146. The number of rotatable bonds is 3. The molecule has 0 fully saturated rings. The number of carbonyl (C=O) groups is 1. The van der Waals surface area contributed by atoms with Gasteiger partial charge in [0.05, 0.1) is 6.42 Å². The molecule has 3 N–H and O–H groups in total. The molecule has 1 atom stereocenters. The minimum atomic E-state index is -0.318. The lowest BCUT2D eigenvalue weighted by Gasteiger charge is -2.11. The molecule has 0 bridgehead atoms. The van der Waals surface area contributed by atoms with Crippen LogP contribution in [-0.2, 0) is 4.79 Å². The van der Waals surface area contributed by atoms with Crippen molar-refractivity contribution in [2.24, 2.45) is 5.73 Å². The summed E-state index contributed by atoms with van der Waals surface area (Å²) in [5.41, 5.74) is 7.09. The molecule has 0 saturated heterocycles. The number of amides is 1. The van der Waals surface area contributed by atoms with E-state index in [-0.39, 0.29) is 17.7 Å². The fourth-order valence-electron chi connectivity index (χ4n) is 1.36. The Labute approximate surface area is 92.0 Å². The number of carbonyl (C=O) groups excluding carboxylic acids is 1. The highest BCUT2D eigenvalue weighted by molar-refractivity contribution is 8.02. The number of primary amides is 1. The van der Waals surface area contributed by atoms with Crippen LogP contribution in [0.25, 0.3) is 0 Å². The molecule has 0 aromatic carbocycles. The first kappa shape index (κ1) is 10.0. The van der Waals surface area contributed by atoms with Crippen LogP contribution >= 0.6 is 11.8 Å². The largest absolute Gasteiger partial charge is 0.372 e. The van der Waals surface area contributed by atoms with Gasteiger partial charge in [0, 0.05) is 23.7 Å². The zero-order valence-corrected chi connectivity index (χ0v) is 8.83. The van der Waals surface area contributed by atoms with Crippen LogP contribution in [0.5, 0.6) is 0 Å². The zero-order chi connectivity index (χ0) is 10.7. The van der Waals surface area contributed by atoms with Crippen molar-refractivity contribution in [3.8, 4) is 0 Å². The van der Waals surface area contributed by atoms with Crippen molar-refractivity contribution in [3.63, 3.8) is 0 Å². The van der Waals surface area contributed by atoms with Crippen molar-refractivity contribution in [3.05, 3.63) is 41.2 Å². The summed E-state index contributed by atoms with van der Waals surface area (Å²) in [6.45, 7) is 0. The van der Waals surface area contributed by atoms with Gasteiger partial charge in [0.15, 0.2) is 0 Å². The summed E-state index contributed by atoms with van der Waals surface area (Å²) in [7, 11) is 0. The number of pyridine rings is 1. The van der Waals surface area contributed by atoms with E-state index in [0.29, 0.717) is 0 Å². The maximum absolute atomic E-state index is 10.7. The topological polar surface area (TPSA) is 68.0 Å². The van der Waals surface area contributed by atoms with Crippen molar-refractivity contribution in [2.45, 2.75) is 11.8 Å². The first-order valence-corrected chi connectivity index (χ1v) is 5.49. The molecule has 15 heavy (non-hydrogen) atoms. The van der Waals surface area contributed by atoms with Crippen LogP contribution in [-0.4, -0.2) is 10.9 Å². The minimum Gasteiger partial charge on any atom is -0.372 e. The second-order valence-corrected chi connectivity index (χ2v) is 4.21. The first-order chi connectivity index (χ1) is 7.25. The number of nitrogens with zero attached hydrogens (tertiary/aromatic N) is 1. The SMILES string of the molecule is NC(=O)CC1=CSC(c2cccnc2)N1. The van der Waals surface area contributed by atoms with Crippen molar-refractivity contribution in [2.75, 3.05) is 0 Å². The predicted molar refractivity (Wildman–Crippen MR) is 59.6 cm³/mol. The Kier molecular flexibility index (Phi) is 2.91. The van der Waals surface area contributed by atoms with E-state index in [4.69, 9.17) is 5.73 Å². The van der Waals surface area contributed by atoms with Gasteiger partial charge in [-0.25, -0.2) is 0 Å². The third-order valence-electron chi connectivity index (χ3n) is 2.01. The Bertz CT molecular complexity index is 391. The molecule has 0 radical (unpaired) electrons. The number of thioether (sulfide) groups is 1. The van der Waals surface area contributed by atoms with Gasteiger partial charge in [-0.05, 0) is 11.5 Å². The van der Waals surface area contributed by atoms with E-state index in [1.54, 1.807) is 18.0 Å². The number of nitrogens with one attached hydrogen (secondary N) is 1. The fraction of sp³-hybridized carbons (Fsp3) is 0.200. The second-order valence-electron chi connectivity index (χ2n) is 3.23. The molecule has 4 nitrogen and oxygen atoms in total. The second kappa shape index (κ2) is 4.35. The van der Waals surface area contributed by atoms with Gasteiger partial charge in [-0.15, -0.1) is 11.8 Å². The molecule has 5 heteroatoms. The van der Waals surface area contributed by atoms with E-state index >= 15 is 0 Å². The average Bonchev–Trinajstić information content (AvgIpc) is 2.67. The Morgan fingerprint density at radius 3 is 3.20 bits per heavy atom. The summed E-state index contributed by atoms with van der Waals surface area (Å²) in [6, 6.07) is 3.89. The highest BCUT2D eigenvalue weighted by Crippen LogP contribution is 2.34. The first-order valence-electron chi connectivity index (χ1n) is 4.55. The molecule has 0 spiro atoms. The van der Waals surface area contributed by atoms with E-state index in [1.165, 1.54) is 0 Å². The fourth-order valence-corrected chi connectivity index (χ4v) is 2.33. The van der Waals surface area contributed by atoms with Crippen LogP contribution < -0.4 is 11.1 Å². The molecule has 78 valence electrons. The zero-order valence-electron chi connectivity index (χ0n) is 8.01. The van der Waals surface area contributed by atoms with Gasteiger partial charge in [0.2, 0.25) is 5.91 Å². The Hall–Kier alpha value is -1.49. The molecule has 0 saturated carbocycles. The lowest BCUT2D eigenvalue weighted by atomic mass is 10.2. The third-order valence-corrected chi connectivity index (χ3v) is 3.10. The Morgan fingerprint density at radius 2 is 2.53 bits per heavy atom. The molecule has 2 heterocycles. The highest BCUT2D eigenvalue weighted by atomic mass is 32.2. The Morgan fingerprint density at radius 1 is 1.67 bits per heavy atom. The predicted octanol–water partition coefficient (Wildman–Crippen LogP) is 1.13. The summed E-state index contributed by atoms with van der Waals surface area (Å²) < 4.78 is 0. The number of aromatic nitrogens is 1. The summed E-state index contributed by atoms with van der Waals surface area (Å²) in [5.74, 6) is -0.318. The normalized spacial score (nSPS) is 19.5. The highest BCUT2D eigenvalue weighted by Gasteiger charge is 2.19. The van der Waals surface area contributed by atoms with Gasteiger partial charge >= 0.3 is 0 Å². The average molecular weight is 221 g/mol.